The number of fused-ring (bicyclic) bond motifs is 4. The first-order valence-corrected chi connectivity index (χ1v) is 29.2. The van der Waals surface area contributed by atoms with E-state index < -0.39 is 64.9 Å². The number of phosphoric acid groups is 3. The molecule has 6 heterocycles. The molecular weight excluding hydrogens is 982 g/mol. The average molecular weight is 1030 g/mol. The summed E-state index contributed by atoms with van der Waals surface area (Å²) in [7, 11) is -8.05. The van der Waals surface area contributed by atoms with Gasteiger partial charge >= 0.3 is 29.4 Å². The number of carboxylic acid groups (broad SMARTS) is 1. The van der Waals surface area contributed by atoms with Crippen LogP contribution in [0.4, 0.5) is 5.69 Å². The second kappa shape index (κ2) is 19.5. The van der Waals surface area contributed by atoms with Crippen LogP contribution in [-0.4, -0.2) is 113 Å². The lowest BCUT2D eigenvalue weighted by Crippen LogP contribution is -2.45. The molecule has 9 rings (SSSR count). The number of aromatic carboxylic acids is 1. The predicted molar refractivity (Wildman–Crippen MR) is 254 cm³/mol. The van der Waals surface area contributed by atoms with Gasteiger partial charge in [-0.05, 0) is 94.2 Å². The monoisotopic (exact) mass is 1030 g/mol. The summed E-state index contributed by atoms with van der Waals surface area (Å²) >= 11 is 0. The highest BCUT2D eigenvalue weighted by Gasteiger charge is 2.43. The van der Waals surface area contributed by atoms with Crippen LogP contribution in [0.15, 0.2) is 30.3 Å². The summed E-state index contributed by atoms with van der Waals surface area (Å²) in [5, 5.41) is 16.0. The van der Waals surface area contributed by atoms with Gasteiger partial charge in [0.15, 0.2) is 0 Å². The SMILES string of the molecule is [B][C@H]1C[C@@H](OCSSC(C)(C)CNC(=O)c2ccc(C3=c4cc5c6c(c4Oc4c3cc3c7c4CCCN7CCC3)CCC[N+]=6CCC5)c(C(=O)O)c2)[C@@H](COP(=O)(O)OP(=O)(O)OP(=O)(O)O)O1. The molecule has 3 aromatic rings. The number of hydrogen-bond donors (Lipinski definition) is 6. The molecule has 3 aromatic carbocycles. The van der Waals surface area contributed by atoms with E-state index in [4.69, 9.17) is 36.4 Å². The molecule has 0 aliphatic carbocycles. The third kappa shape index (κ3) is 10.8. The fourth-order valence-corrected chi connectivity index (χ4v) is 15.4. The molecule has 6 aliphatic heterocycles. The van der Waals surface area contributed by atoms with Crippen molar-refractivity contribution in [3.05, 3.63) is 85.4 Å². The summed E-state index contributed by atoms with van der Waals surface area (Å²) in [5.41, 5.74) is 8.63. The van der Waals surface area contributed by atoms with Crippen molar-refractivity contribution < 1.29 is 75.3 Å². The van der Waals surface area contributed by atoms with Gasteiger partial charge in [0.05, 0.1) is 23.8 Å². The predicted octanol–water partition coefficient (Wildman–Crippen LogP) is 4.68. The molecule has 25 heteroatoms. The molecule has 2 unspecified atom stereocenters. The molecule has 0 bridgehead atoms. The van der Waals surface area contributed by atoms with Crippen molar-refractivity contribution in [3.63, 3.8) is 0 Å². The van der Waals surface area contributed by atoms with Crippen molar-refractivity contribution >= 4 is 76.0 Å². The maximum atomic E-state index is 13.8. The van der Waals surface area contributed by atoms with Crippen molar-refractivity contribution in [1.29, 1.82) is 0 Å². The van der Waals surface area contributed by atoms with E-state index in [1.54, 1.807) is 12.1 Å². The Morgan fingerprint density at radius 3 is 2.38 bits per heavy atom. The minimum atomic E-state index is -5.70. The van der Waals surface area contributed by atoms with Crippen LogP contribution in [0.2, 0.25) is 0 Å². The zero-order valence-corrected chi connectivity index (χ0v) is 41.6. The molecule has 2 radical (unpaired) electrons. The molecule has 19 nitrogen and oxygen atoms in total. The second-order valence-corrected chi connectivity index (χ2v) is 25.6. The Morgan fingerprint density at radius 1 is 0.912 bits per heavy atom. The lowest BCUT2D eigenvalue weighted by Gasteiger charge is -2.39. The summed E-state index contributed by atoms with van der Waals surface area (Å²) in [4.78, 5) is 66.4. The quantitative estimate of drug-likeness (QED) is 0.0210. The summed E-state index contributed by atoms with van der Waals surface area (Å²) in [6, 6.07) is 8.52. The minimum absolute atomic E-state index is 0.0183. The highest BCUT2D eigenvalue weighted by Crippen LogP contribution is 2.66. The number of carbonyl (C=O) groups excluding carboxylic acids is 1. The Labute approximate surface area is 401 Å². The number of amides is 1. The summed E-state index contributed by atoms with van der Waals surface area (Å²) in [6.45, 7) is 7.31. The van der Waals surface area contributed by atoms with E-state index in [9.17, 15) is 38.2 Å². The number of carbonyl (C=O) groups is 2. The average Bonchev–Trinajstić information content (AvgIpc) is 3.63. The summed E-state index contributed by atoms with van der Waals surface area (Å²) in [6.07, 6.45) is 6.08. The number of carboxylic acids is 1. The fraction of sp³-hybridized carbons (Fsp3) is 0.512. The third-order valence-corrected chi connectivity index (χ3v) is 19.5. The van der Waals surface area contributed by atoms with E-state index in [-0.39, 0.29) is 30.0 Å². The fourth-order valence-electron chi connectivity index (χ4n) is 10.1. The second-order valence-electron chi connectivity index (χ2n) is 18.2. The Bertz CT molecular complexity index is 2840. The number of ether oxygens (including phenoxy) is 3. The van der Waals surface area contributed by atoms with Gasteiger partial charge < -0.3 is 49.1 Å². The number of aryl methyl sites for hydroxylation is 2. The van der Waals surface area contributed by atoms with Gasteiger partial charge in [-0.25, -0.2) is 23.1 Å². The van der Waals surface area contributed by atoms with Crippen LogP contribution >= 0.6 is 45.1 Å². The zero-order chi connectivity index (χ0) is 48.3. The van der Waals surface area contributed by atoms with Gasteiger partial charge in [-0.2, -0.15) is 8.62 Å². The third-order valence-electron chi connectivity index (χ3n) is 12.8. The van der Waals surface area contributed by atoms with Gasteiger partial charge in [0.1, 0.15) is 44.5 Å². The van der Waals surface area contributed by atoms with Gasteiger partial charge in [-0.3, -0.25) is 9.32 Å². The standard InChI is InChI=1S/C43H51BN3O16P3S2/c1-43(2,68-67-23-58-33-20-35(44)60-34(33)21-59-65(54,55)63-66(56,57)62-64(51,52)53)22-45-41(48)26-11-12-27(30(19-26)42(49)50)36-31-17-24-7-3-13-46-15-5-9-28(37(24)46)39(31)61-40-29-10-6-16-47-14-4-8-25(38(29)47)18-32(36)40/h11-12,17-19,33-35H,3-10,13-16,20-23H2,1-2H3,(H5-,45,48,49,50,51,52,53,54,55,56,57)/p+1/t33-,34-,35-/m1/s1. The number of hydrogen-bond acceptors (Lipinski definition) is 14. The van der Waals surface area contributed by atoms with Gasteiger partial charge in [0.2, 0.25) is 5.36 Å². The molecule has 68 heavy (non-hydrogen) atoms. The van der Waals surface area contributed by atoms with E-state index in [0.29, 0.717) is 5.56 Å². The number of benzene rings is 3. The number of phosphoric ester groups is 1. The van der Waals surface area contributed by atoms with Crippen molar-refractivity contribution in [2.75, 3.05) is 50.2 Å². The van der Waals surface area contributed by atoms with E-state index >= 15 is 0 Å². The first-order valence-electron chi connectivity index (χ1n) is 22.4. The van der Waals surface area contributed by atoms with Crippen LogP contribution in [0.25, 0.3) is 5.57 Å². The maximum Gasteiger partial charge on any atom is 0.490 e. The molecule has 5 atom stereocenters. The number of anilines is 1. The molecular formula is C43H52BN3O16P3S2+. The molecule has 6 aliphatic rings. The van der Waals surface area contributed by atoms with E-state index in [0.717, 1.165) is 105 Å². The van der Waals surface area contributed by atoms with Crippen LogP contribution < -0.4 is 30.1 Å². The Balaban J connectivity index is 0.902. The molecule has 364 valence electrons. The highest BCUT2D eigenvalue weighted by atomic mass is 33.1. The van der Waals surface area contributed by atoms with Crippen molar-refractivity contribution in [2.45, 2.75) is 94.6 Å². The lowest BCUT2D eigenvalue weighted by atomic mass is 9.81. The van der Waals surface area contributed by atoms with Crippen LogP contribution in [0.5, 0.6) is 11.5 Å². The van der Waals surface area contributed by atoms with Crippen LogP contribution in [0.1, 0.15) is 100 Å². The first kappa shape index (κ1) is 49.9. The molecule has 0 spiro atoms. The van der Waals surface area contributed by atoms with E-state index in [1.165, 1.54) is 61.0 Å². The molecule has 6 N–H and O–H groups in total. The molecule has 1 amide bonds. The maximum absolute atomic E-state index is 13.8. The minimum Gasteiger partial charge on any atom is -0.478 e. The van der Waals surface area contributed by atoms with E-state index in [1.807, 2.05) is 13.8 Å². The van der Waals surface area contributed by atoms with E-state index in [2.05, 4.69) is 35.5 Å². The van der Waals surface area contributed by atoms with Crippen molar-refractivity contribution in [3.8, 4) is 11.5 Å². The number of nitrogens with one attached hydrogen (secondary N) is 1. The number of nitrogens with zero attached hydrogens (tertiary/aromatic N) is 2. The smallest absolute Gasteiger partial charge is 0.478 e. The molecule has 1 fully saturated rings. The lowest BCUT2D eigenvalue weighted by molar-refractivity contribution is -0.0237. The van der Waals surface area contributed by atoms with Crippen LogP contribution in [0, 0.1) is 0 Å². The van der Waals surface area contributed by atoms with Gasteiger partial charge in [0, 0.05) is 82.0 Å². The normalized spacial score (nSPS) is 22.5. The Kier molecular flexibility index (Phi) is 14.3. The van der Waals surface area contributed by atoms with Gasteiger partial charge in [0.25, 0.3) is 5.91 Å². The van der Waals surface area contributed by atoms with Crippen molar-refractivity contribution in [1.82, 2.24) is 9.89 Å². The zero-order valence-electron chi connectivity index (χ0n) is 37.3. The molecule has 1 saturated heterocycles. The number of rotatable bonds is 17. The largest absolute Gasteiger partial charge is 0.490 e. The summed E-state index contributed by atoms with van der Waals surface area (Å²) in [5.74, 6) is 0.104. The van der Waals surface area contributed by atoms with Crippen LogP contribution in [0.3, 0.4) is 0 Å². The topological polar surface area (TPSA) is 260 Å². The van der Waals surface area contributed by atoms with Crippen LogP contribution in [-0.2, 0) is 62.0 Å². The molecule has 0 aromatic heterocycles. The van der Waals surface area contributed by atoms with Gasteiger partial charge in [-0.1, -0.05) is 27.7 Å². The molecule has 0 saturated carbocycles. The summed E-state index contributed by atoms with van der Waals surface area (Å²) < 4.78 is 67.5. The first-order chi connectivity index (χ1) is 32.2. The Hall–Kier alpha value is -3.04. The highest BCUT2D eigenvalue weighted by molar-refractivity contribution is 8.77. The Morgan fingerprint density at radius 2 is 1.63 bits per heavy atom. The van der Waals surface area contributed by atoms with Crippen molar-refractivity contribution in [2.24, 2.45) is 0 Å². The van der Waals surface area contributed by atoms with Gasteiger partial charge in [-0.15, -0.1) is 0 Å².